The molecule has 23 heavy (non-hydrogen) atoms. The Labute approximate surface area is 132 Å². The van der Waals surface area contributed by atoms with E-state index in [1.165, 1.54) is 6.26 Å². The van der Waals surface area contributed by atoms with E-state index in [1.54, 1.807) is 24.0 Å². The Bertz CT molecular complexity index is 811. The average Bonchev–Trinajstić information content (AvgIpc) is 3.22. The summed E-state index contributed by atoms with van der Waals surface area (Å²) in [6, 6.07) is 3.21. The highest BCUT2D eigenvalue weighted by Crippen LogP contribution is 2.38. The molecule has 2 aromatic rings. The number of aromatic nitrogens is 2. The summed E-state index contributed by atoms with van der Waals surface area (Å²) in [5, 5.41) is 9.99. The maximum absolute atomic E-state index is 12.8. The number of carbonyl (C=O) groups excluding carboxylic acids is 1. The zero-order valence-corrected chi connectivity index (χ0v) is 12.7. The zero-order chi connectivity index (χ0) is 16.1. The molecule has 7 heteroatoms. The van der Waals surface area contributed by atoms with Crippen molar-refractivity contribution in [2.75, 3.05) is 6.54 Å². The number of carbonyl (C=O) groups is 1. The van der Waals surface area contributed by atoms with Crippen molar-refractivity contribution in [3.63, 3.8) is 0 Å². The Balaban J connectivity index is 1.70. The second kappa shape index (κ2) is 5.06. The summed E-state index contributed by atoms with van der Waals surface area (Å²) in [6.45, 7) is 2.24. The highest BCUT2D eigenvalue weighted by Gasteiger charge is 2.47. The molecule has 1 saturated heterocycles. The molecule has 2 N–H and O–H groups in total. The number of likely N-dealkylation sites (tertiary alicyclic amines) is 1. The third-order valence-electron chi connectivity index (χ3n) is 4.78. The van der Waals surface area contributed by atoms with Gasteiger partial charge in [-0.1, -0.05) is 0 Å². The number of amides is 1. The van der Waals surface area contributed by atoms with Crippen LogP contribution in [-0.2, 0) is 0 Å². The van der Waals surface area contributed by atoms with Crippen molar-refractivity contribution in [3.8, 4) is 11.6 Å². The Morgan fingerprint density at radius 1 is 1.48 bits per heavy atom. The van der Waals surface area contributed by atoms with Crippen LogP contribution in [-0.4, -0.2) is 44.6 Å². The van der Waals surface area contributed by atoms with E-state index in [0.29, 0.717) is 29.7 Å². The molecule has 2 aromatic heterocycles. The lowest BCUT2D eigenvalue weighted by Crippen LogP contribution is -2.46. The minimum Gasteiger partial charge on any atom is -0.461 e. The topological polar surface area (TPSA) is 99.4 Å². The molecule has 1 aliphatic heterocycles. The van der Waals surface area contributed by atoms with Gasteiger partial charge in [-0.2, -0.15) is 0 Å². The van der Waals surface area contributed by atoms with E-state index in [9.17, 15) is 14.7 Å². The van der Waals surface area contributed by atoms with E-state index in [-0.39, 0.29) is 17.5 Å². The summed E-state index contributed by atoms with van der Waals surface area (Å²) in [6.07, 6.45) is 2.54. The lowest BCUT2D eigenvalue weighted by atomic mass is 10.1. The van der Waals surface area contributed by atoms with E-state index in [2.05, 4.69) is 9.97 Å². The quantitative estimate of drug-likeness (QED) is 0.859. The first-order valence-electron chi connectivity index (χ1n) is 7.68. The van der Waals surface area contributed by atoms with Crippen LogP contribution in [0, 0.1) is 12.8 Å². The number of hydrogen-bond donors (Lipinski definition) is 2. The molecular weight excluding hydrogens is 298 g/mol. The molecule has 7 nitrogen and oxygen atoms in total. The minimum atomic E-state index is -0.493. The normalized spacial score (nSPS) is 26.0. The number of aliphatic hydroxyl groups excluding tert-OH is 1. The fraction of sp³-hybridized carbons (Fsp3) is 0.438. The molecule has 0 unspecified atom stereocenters. The van der Waals surface area contributed by atoms with Crippen LogP contribution >= 0.6 is 0 Å². The van der Waals surface area contributed by atoms with Gasteiger partial charge in [0.25, 0.3) is 11.5 Å². The SMILES string of the molecule is Cc1nc(-c2ccco2)[nH]c(=O)c1C(=O)N1C[C@@H]2C[C@@H](O)[C@H]1C2. The van der Waals surface area contributed by atoms with E-state index in [4.69, 9.17) is 4.42 Å². The molecule has 4 rings (SSSR count). The number of fused-ring (bicyclic) bond motifs is 2. The van der Waals surface area contributed by atoms with E-state index in [0.717, 1.165) is 12.8 Å². The average molecular weight is 315 g/mol. The van der Waals surface area contributed by atoms with Gasteiger partial charge in [-0.3, -0.25) is 9.59 Å². The Kier molecular flexibility index (Phi) is 3.12. The van der Waals surface area contributed by atoms with Gasteiger partial charge in [0, 0.05) is 6.54 Å². The maximum Gasteiger partial charge on any atom is 0.264 e. The number of nitrogens with zero attached hydrogens (tertiary/aromatic N) is 2. The molecule has 2 bridgehead atoms. The van der Waals surface area contributed by atoms with Crippen LogP contribution in [0.1, 0.15) is 28.9 Å². The number of aromatic amines is 1. The standard InChI is InChI=1S/C16H17N3O4/c1-8-13(15(21)18-14(17-8)12-3-2-4-23-12)16(22)19-7-9-5-10(19)11(20)6-9/h2-4,9-11,20H,5-7H2,1H3,(H,17,18,21)/t9-,10+,11+/m0/s1. The molecule has 0 aromatic carbocycles. The highest BCUT2D eigenvalue weighted by atomic mass is 16.3. The van der Waals surface area contributed by atoms with Gasteiger partial charge in [0.1, 0.15) is 5.56 Å². The number of rotatable bonds is 2. The Morgan fingerprint density at radius 3 is 2.91 bits per heavy atom. The van der Waals surface area contributed by atoms with Crippen molar-refractivity contribution >= 4 is 5.91 Å². The summed E-state index contributed by atoms with van der Waals surface area (Å²) in [5.74, 6) is 0.721. The van der Waals surface area contributed by atoms with Gasteiger partial charge in [-0.25, -0.2) is 4.98 Å². The van der Waals surface area contributed by atoms with Crippen LogP contribution in [0.2, 0.25) is 0 Å². The van der Waals surface area contributed by atoms with Crippen molar-refractivity contribution in [2.45, 2.75) is 31.9 Å². The highest BCUT2D eigenvalue weighted by molar-refractivity contribution is 5.95. The van der Waals surface area contributed by atoms with Gasteiger partial charge in [-0.05, 0) is 37.8 Å². The second-order valence-corrected chi connectivity index (χ2v) is 6.28. The number of H-pyrrole nitrogens is 1. The molecular formula is C16H17N3O4. The van der Waals surface area contributed by atoms with Crippen LogP contribution < -0.4 is 5.56 Å². The predicted octanol–water partition coefficient (Wildman–Crippen LogP) is 0.934. The van der Waals surface area contributed by atoms with Crippen molar-refractivity contribution in [2.24, 2.45) is 5.92 Å². The molecule has 1 saturated carbocycles. The van der Waals surface area contributed by atoms with Crippen molar-refractivity contribution in [3.05, 3.63) is 40.0 Å². The molecule has 1 aliphatic carbocycles. The van der Waals surface area contributed by atoms with E-state index in [1.807, 2.05) is 0 Å². The molecule has 2 fully saturated rings. The van der Waals surface area contributed by atoms with Gasteiger partial charge in [0.2, 0.25) is 0 Å². The third kappa shape index (κ3) is 2.19. The van der Waals surface area contributed by atoms with Crippen LogP contribution in [0.4, 0.5) is 0 Å². The largest absolute Gasteiger partial charge is 0.461 e. The van der Waals surface area contributed by atoms with Crippen LogP contribution in [0.25, 0.3) is 11.6 Å². The number of aryl methyl sites for hydroxylation is 1. The molecule has 1 amide bonds. The minimum absolute atomic E-state index is 0.0417. The Hall–Kier alpha value is -2.41. The molecule has 3 heterocycles. The monoisotopic (exact) mass is 315 g/mol. The van der Waals surface area contributed by atoms with Crippen LogP contribution in [0.15, 0.2) is 27.6 Å². The number of hydrogen-bond acceptors (Lipinski definition) is 5. The van der Waals surface area contributed by atoms with Gasteiger partial charge in [0.15, 0.2) is 11.6 Å². The first kappa shape index (κ1) is 14.2. The Morgan fingerprint density at radius 2 is 2.30 bits per heavy atom. The molecule has 0 radical (unpaired) electrons. The maximum atomic E-state index is 12.8. The van der Waals surface area contributed by atoms with Gasteiger partial charge in [0.05, 0.1) is 24.1 Å². The van der Waals surface area contributed by atoms with Gasteiger partial charge in [-0.15, -0.1) is 0 Å². The lowest BCUT2D eigenvalue weighted by molar-refractivity contribution is 0.0400. The first-order chi connectivity index (χ1) is 11.0. The summed E-state index contributed by atoms with van der Waals surface area (Å²) >= 11 is 0. The fourth-order valence-corrected chi connectivity index (χ4v) is 3.74. The second-order valence-electron chi connectivity index (χ2n) is 6.28. The molecule has 120 valence electrons. The zero-order valence-electron chi connectivity index (χ0n) is 12.7. The van der Waals surface area contributed by atoms with Crippen LogP contribution in [0.3, 0.4) is 0 Å². The van der Waals surface area contributed by atoms with E-state index >= 15 is 0 Å². The number of piperidine rings is 1. The smallest absolute Gasteiger partial charge is 0.264 e. The molecule has 2 aliphatic rings. The van der Waals surface area contributed by atoms with Crippen molar-refractivity contribution in [1.82, 2.24) is 14.9 Å². The predicted molar refractivity (Wildman–Crippen MR) is 80.9 cm³/mol. The number of aliphatic hydroxyl groups is 1. The summed E-state index contributed by atoms with van der Waals surface area (Å²) in [5.41, 5.74) is -0.0753. The summed E-state index contributed by atoms with van der Waals surface area (Å²) in [7, 11) is 0. The lowest BCUT2D eigenvalue weighted by Gasteiger charge is -2.30. The van der Waals surface area contributed by atoms with Gasteiger partial charge >= 0.3 is 0 Å². The van der Waals surface area contributed by atoms with Gasteiger partial charge < -0.3 is 19.4 Å². The molecule has 0 spiro atoms. The van der Waals surface area contributed by atoms with Crippen molar-refractivity contribution < 1.29 is 14.3 Å². The first-order valence-corrected chi connectivity index (χ1v) is 7.68. The third-order valence-corrected chi connectivity index (χ3v) is 4.78. The van der Waals surface area contributed by atoms with Crippen molar-refractivity contribution in [1.29, 1.82) is 0 Å². The van der Waals surface area contributed by atoms with Crippen LogP contribution in [0.5, 0.6) is 0 Å². The van der Waals surface area contributed by atoms with E-state index < -0.39 is 11.7 Å². The fourth-order valence-electron chi connectivity index (χ4n) is 3.74. The summed E-state index contributed by atoms with van der Waals surface area (Å²) in [4.78, 5) is 33.7. The number of nitrogens with one attached hydrogen (secondary N) is 1. The molecule has 3 atom stereocenters. The summed E-state index contributed by atoms with van der Waals surface area (Å²) < 4.78 is 5.22. The number of furan rings is 1.